The van der Waals surface area contributed by atoms with Gasteiger partial charge in [0.2, 0.25) is 17.7 Å². The molecule has 6 rings (SSSR count). The minimum atomic E-state index is -0.532. The Bertz CT molecular complexity index is 1240. The van der Waals surface area contributed by atoms with Crippen molar-refractivity contribution >= 4 is 29.4 Å². The van der Waals surface area contributed by atoms with Gasteiger partial charge in [-0.1, -0.05) is 42.5 Å². The Balaban J connectivity index is 1.13. The molecule has 3 amide bonds. The summed E-state index contributed by atoms with van der Waals surface area (Å²) in [6, 6.07) is 14.6. The van der Waals surface area contributed by atoms with Crippen LogP contribution < -0.4 is 9.64 Å². The number of hydrogen-bond donors (Lipinski definition) is 0. The van der Waals surface area contributed by atoms with E-state index in [1.54, 1.807) is 30.0 Å². The first-order valence-corrected chi connectivity index (χ1v) is 12.1. The van der Waals surface area contributed by atoms with E-state index in [4.69, 9.17) is 4.74 Å². The molecule has 2 saturated heterocycles. The molecule has 7 nitrogen and oxygen atoms in total. The van der Waals surface area contributed by atoms with Crippen molar-refractivity contribution in [3.8, 4) is 5.75 Å². The van der Waals surface area contributed by atoms with Crippen molar-refractivity contribution in [1.29, 1.82) is 0 Å². The molecular weight excluding hydrogens is 444 g/mol. The van der Waals surface area contributed by atoms with Crippen molar-refractivity contribution in [3.63, 3.8) is 0 Å². The van der Waals surface area contributed by atoms with E-state index in [0.717, 1.165) is 12.0 Å². The van der Waals surface area contributed by atoms with Crippen LogP contribution >= 0.6 is 0 Å². The number of fused-ring (bicyclic) bond motifs is 5. The molecule has 0 spiro atoms. The first-order valence-electron chi connectivity index (χ1n) is 12.1. The summed E-state index contributed by atoms with van der Waals surface area (Å²) in [6.45, 7) is 2.59. The second-order valence-corrected chi connectivity index (χ2v) is 10.0. The fourth-order valence-corrected chi connectivity index (χ4v) is 6.17. The molecule has 2 aliphatic carbocycles. The Hall–Kier alpha value is -3.74. The van der Waals surface area contributed by atoms with Gasteiger partial charge >= 0.3 is 5.97 Å². The number of imide groups is 1. The summed E-state index contributed by atoms with van der Waals surface area (Å²) in [7, 11) is 0. The molecule has 4 aliphatic rings. The lowest BCUT2D eigenvalue weighted by Crippen LogP contribution is -2.33. The number of allylic oxidation sites excluding steroid dienone is 2. The van der Waals surface area contributed by atoms with Gasteiger partial charge in [-0.15, -0.1) is 0 Å². The second kappa shape index (κ2) is 8.18. The number of aryl methyl sites for hydroxylation is 1. The summed E-state index contributed by atoms with van der Waals surface area (Å²) in [5.74, 6) is -1.18. The Morgan fingerprint density at radius 2 is 1.66 bits per heavy atom. The summed E-state index contributed by atoms with van der Waals surface area (Å²) < 4.78 is 5.60. The smallest absolute Gasteiger partial charge is 0.316 e. The van der Waals surface area contributed by atoms with Crippen LogP contribution in [-0.4, -0.2) is 35.1 Å². The van der Waals surface area contributed by atoms with Gasteiger partial charge in [-0.05, 0) is 54.5 Å². The molecule has 0 aromatic heterocycles. The summed E-state index contributed by atoms with van der Waals surface area (Å²) in [4.78, 5) is 54.5. The van der Waals surface area contributed by atoms with Gasteiger partial charge in [-0.3, -0.25) is 19.2 Å². The minimum absolute atomic E-state index is 0.0672. The molecule has 2 aromatic carbocycles. The molecule has 2 bridgehead atoms. The van der Waals surface area contributed by atoms with E-state index in [0.29, 0.717) is 30.1 Å². The number of carbonyl (C=O) groups excluding carboxylic acids is 4. The number of nitrogens with zero attached hydrogens (tertiary/aromatic N) is 2. The van der Waals surface area contributed by atoms with Crippen LogP contribution in [-0.2, 0) is 25.7 Å². The molecule has 2 aliphatic heterocycles. The van der Waals surface area contributed by atoms with E-state index >= 15 is 0 Å². The van der Waals surface area contributed by atoms with Gasteiger partial charge in [0.1, 0.15) is 5.75 Å². The van der Waals surface area contributed by atoms with E-state index in [1.807, 2.05) is 30.3 Å². The lowest BCUT2D eigenvalue weighted by molar-refractivity contribution is -0.139. The molecule has 7 heteroatoms. The Morgan fingerprint density at radius 1 is 0.971 bits per heavy atom. The van der Waals surface area contributed by atoms with Crippen molar-refractivity contribution in [2.24, 2.45) is 29.6 Å². The van der Waals surface area contributed by atoms with Crippen LogP contribution in [0.25, 0.3) is 0 Å². The molecule has 178 valence electrons. The first-order chi connectivity index (χ1) is 16.9. The van der Waals surface area contributed by atoms with E-state index in [1.165, 1.54) is 4.90 Å². The van der Waals surface area contributed by atoms with Crippen LogP contribution in [0.1, 0.15) is 24.0 Å². The Morgan fingerprint density at radius 3 is 2.31 bits per heavy atom. The molecule has 3 fully saturated rings. The third-order valence-corrected chi connectivity index (χ3v) is 7.86. The molecule has 5 atom stereocenters. The number of hydrogen-bond acceptors (Lipinski definition) is 5. The lowest BCUT2D eigenvalue weighted by atomic mass is 9.85. The maximum atomic E-state index is 13.1. The zero-order valence-corrected chi connectivity index (χ0v) is 19.4. The van der Waals surface area contributed by atoms with Gasteiger partial charge in [-0.25, -0.2) is 4.90 Å². The van der Waals surface area contributed by atoms with Crippen LogP contribution in [0.3, 0.4) is 0 Å². The predicted molar refractivity (Wildman–Crippen MR) is 127 cm³/mol. The van der Waals surface area contributed by atoms with Crippen molar-refractivity contribution in [1.82, 2.24) is 4.90 Å². The highest BCUT2D eigenvalue weighted by molar-refractivity contribution is 6.23. The number of anilines is 1. The van der Waals surface area contributed by atoms with E-state index in [-0.39, 0.29) is 47.8 Å². The molecule has 1 saturated carbocycles. The summed E-state index contributed by atoms with van der Waals surface area (Å²) in [5, 5.41) is 0. The standard InChI is InChI=1S/C28H26N2O5/c1-16-11-21(35-28(34)20-13-23(31)29(15-20)14-17-5-3-2-4-6-17)9-10-22(16)30-26(32)24-18-7-8-19(12-18)25(24)27(30)33/h2-11,18-20,24-25H,12-15H2,1H3/t18-,19-,20-,24-,25+/m0/s1. The predicted octanol–water partition coefficient (Wildman–Crippen LogP) is 3.26. The van der Waals surface area contributed by atoms with Crippen molar-refractivity contribution in [2.75, 3.05) is 11.4 Å². The molecule has 2 aromatic rings. The minimum Gasteiger partial charge on any atom is -0.426 e. The lowest BCUT2D eigenvalue weighted by Gasteiger charge is -2.20. The van der Waals surface area contributed by atoms with Crippen LogP contribution in [0, 0.1) is 36.5 Å². The van der Waals surface area contributed by atoms with Gasteiger partial charge in [0.05, 0.1) is 23.4 Å². The average molecular weight is 471 g/mol. The molecule has 0 N–H and O–H groups in total. The summed E-state index contributed by atoms with van der Waals surface area (Å²) in [5.41, 5.74) is 2.24. The highest BCUT2D eigenvalue weighted by Crippen LogP contribution is 2.53. The maximum Gasteiger partial charge on any atom is 0.316 e. The van der Waals surface area contributed by atoms with E-state index < -0.39 is 11.9 Å². The topological polar surface area (TPSA) is 84.0 Å². The number of benzene rings is 2. The zero-order chi connectivity index (χ0) is 24.3. The van der Waals surface area contributed by atoms with Crippen molar-refractivity contribution in [2.45, 2.75) is 26.3 Å². The van der Waals surface area contributed by atoms with E-state index in [2.05, 4.69) is 12.2 Å². The fraction of sp³-hybridized carbons (Fsp3) is 0.357. The summed E-state index contributed by atoms with van der Waals surface area (Å²) >= 11 is 0. The van der Waals surface area contributed by atoms with Gasteiger partial charge < -0.3 is 9.64 Å². The molecule has 0 radical (unpaired) electrons. The Labute approximate surface area is 203 Å². The molecular formula is C28H26N2O5. The van der Waals surface area contributed by atoms with E-state index in [9.17, 15) is 19.2 Å². The quantitative estimate of drug-likeness (QED) is 0.290. The normalized spacial score (nSPS) is 28.8. The number of esters is 1. The largest absolute Gasteiger partial charge is 0.426 e. The second-order valence-electron chi connectivity index (χ2n) is 10.0. The molecule has 35 heavy (non-hydrogen) atoms. The van der Waals surface area contributed by atoms with Crippen LogP contribution in [0.5, 0.6) is 5.75 Å². The van der Waals surface area contributed by atoms with Crippen LogP contribution in [0.4, 0.5) is 5.69 Å². The SMILES string of the molecule is Cc1cc(OC(=O)[C@H]2CC(=O)N(Cc3ccccc3)C2)ccc1N1C(=O)[C@@H]2[C@H](C1=O)[C@H]1C=C[C@H]2C1. The molecule has 2 heterocycles. The number of likely N-dealkylation sites (tertiary alicyclic amines) is 1. The third-order valence-electron chi connectivity index (χ3n) is 7.86. The average Bonchev–Trinajstić information content (AvgIpc) is 3.60. The molecule has 0 unspecified atom stereocenters. The zero-order valence-electron chi connectivity index (χ0n) is 19.4. The Kier molecular flexibility index (Phi) is 5.09. The van der Waals surface area contributed by atoms with Gasteiger partial charge in [0, 0.05) is 19.5 Å². The number of rotatable bonds is 5. The van der Waals surface area contributed by atoms with Crippen molar-refractivity contribution < 1.29 is 23.9 Å². The highest BCUT2D eigenvalue weighted by Gasteiger charge is 2.59. The fourth-order valence-electron chi connectivity index (χ4n) is 6.17. The monoisotopic (exact) mass is 470 g/mol. The van der Waals surface area contributed by atoms with Gasteiger partial charge in [-0.2, -0.15) is 0 Å². The van der Waals surface area contributed by atoms with Crippen LogP contribution in [0.2, 0.25) is 0 Å². The van der Waals surface area contributed by atoms with Crippen LogP contribution in [0.15, 0.2) is 60.7 Å². The summed E-state index contributed by atoms with van der Waals surface area (Å²) in [6.07, 6.45) is 5.16. The number of ether oxygens (including phenoxy) is 1. The van der Waals surface area contributed by atoms with Crippen molar-refractivity contribution in [3.05, 3.63) is 71.8 Å². The third kappa shape index (κ3) is 3.57. The maximum absolute atomic E-state index is 13.1. The number of amides is 3. The number of carbonyl (C=O) groups is 4. The highest BCUT2D eigenvalue weighted by atomic mass is 16.5. The first kappa shape index (κ1) is 21.8. The van der Waals surface area contributed by atoms with Gasteiger partial charge in [0.25, 0.3) is 0 Å². The van der Waals surface area contributed by atoms with Gasteiger partial charge in [0.15, 0.2) is 0 Å².